The minimum absolute atomic E-state index is 0.128. The van der Waals surface area contributed by atoms with E-state index in [-0.39, 0.29) is 32.0 Å². The quantitative estimate of drug-likeness (QED) is 0.491. The zero-order chi connectivity index (χ0) is 27.1. The van der Waals surface area contributed by atoms with Crippen molar-refractivity contribution in [1.82, 2.24) is 9.97 Å². The molecule has 0 spiro atoms. The second-order valence-corrected chi connectivity index (χ2v) is 8.81. The van der Waals surface area contributed by atoms with Crippen LogP contribution in [0, 0.1) is 0 Å². The molecule has 2 aromatic heterocycles. The lowest BCUT2D eigenvalue weighted by atomic mass is 10.0. The van der Waals surface area contributed by atoms with Gasteiger partial charge in [-0.2, -0.15) is 0 Å². The molecule has 1 N–H and O–H groups in total. The number of rotatable bonds is 1. The molecular weight excluding hydrogens is 504 g/mol. The molecular formula is C29H34N2O8. The number of carboxylic acid groups (broad SMARTS) is 1. The van der Waals surface area contributed by atoms with Crippen molar-refractivity contribution in [2.24, 2.45) is 0 Å². The van der Waals surface area contributed by atoms with Gasteiger partial charge < -0.3 is 33.5 Å². The molecule has 39 heavy (non-hydrogen) atoms. The fraction of sp³-hybridized carbons (Fsp3) is 0.414. The number of hydrogen-bond acceptors (Lipinski definition) is 9. The van der Waals surface area contributed by atoms with E-state index in [1.807, 2.05) is 36.4 Å². The molecule has 0 radical (unpaired) electrons. The second-order valence-electron chi connectivity index (χ2n) is 8.81. The van der Waals surface area contributed by atoms with Crippen LogP contribution in [-0.4, -0.2) is 60.7 Å². The van der Waals surface area contributed by atoms with Gasteiger partial charge >= 0.3 is 5.97 Å². The average molecular weight is 539 g/mol. The van der Waals surface area contributed by atoms with Crippen molar-refractivity contribution in [2.75, 3.05) is 39.6 Å². The Labute approximate surface area is 227 Å². The molecule has 1 aliphatic rings. The van der Waals surface area contributed by atoms with Gasteiger partial charge in [0, 0.05) is 0 Å². The first-order chi connectivity index (χ1) is 19.2. The highest BCUT2D eigenvalue weighted by atomic mass is 16.6. The van der Waals surface area contributed by atoms with E-state index in [1.165, 1.54) is 0 Å². The standard InChI is InChI=1S/C29H34N2O8/c32-29(33)28-22-4-1-5-23(28)17-39-21-27-9-3-7-25(31-27)19-37-15-13-35-11-10-34-12-14-36-18-24-6-2-8-26(30-24)20-38-16-22/h1-9H,10-21H2,(H,32,33). The van der Waals surface area contributed by atoms with Gasteiger partial charge in [0.1, 0.15) is 0 Å². The summed E-state index contributed by atoms with van der Waals surface area (Å²) in [5.41, 5.74) is 4.35. The van der Waals surface area contributed by atoms with Gasteiger partial charge in [-0.15, -0.1) is 0 Å². The number of aromatic nitrogens is 2. The number of nitrogens with zero attached hydrogens (tertiary/aromatic N) is 2. The van der Waals surface area contributed by atoms with Gasteiger partial charge in [-0.3, -0.25) is 9.97 Å². The Morgan fingerprint density at radius 1 is 0.513 bits per heavy atom. The van der Waals surface area contributed by atoms with Crippen molar-refractivity contribution in [1.29, 1.82) is 0 Å². The molecule has 3 heterocycles. The van der Waals surface area contributed by atoms with Crippen LogP contribution in [0.3, 0.4) is 0 Å². The molecule has 0 saturated heterocycles. The van der Waals surface area contributed by atoms with E-state index < -0.39 is 5.97 Å². The van der Waals surface area contributed by atoms with Crippen LogP contribution < -0.4 is 0 Å². The maximum atomic E-state index is 12.1. The Kier molecular flexibility index (Phi) is 11.8. The third-order valence-electron chi connectivity index (χ3n) is 5.81. The van der Waals surface area contributed by atoms with Crippen molar-refractivity contribution >= 4 is 5.97 Å². The highest BCUT2D eigenvalue weighted by Crippen LogP contribution is 2.19. The van der Waals surface area contributed by atoms with Crippen molar-refractivity contribution in [3.63, 3.8) is 0 Å². The van der Waals surface area contributed by atoms with Crippen LogP contribution in [0.1, 0.15) is 44.3 Å². The van der Waals surface area contributed by atoms with Crippen molar-refractivity contribution in [2.45, 2.75) is 39.6 Å². The number of aromatic carboxylic acids is 1. The number of ether oxygens (including phenoxy) is 6. The normalized spacial score (nSPS) is 17.1. The molecule has 1 aromatic carbocycles. The van der Waals surface area contributed by atoms with E-state index in [0.29, 0.717) is 64.0 Å². The highest BCUT2D eigenvalue weighted by Gasteiger charge is 2.16. The number of carboxylic acids is 1. The summed E-state index contributed by atoms with van der Waals surface area (Å²) in [4.78, 5) is 21.2. The molecule has 0 fully saturated rings. The average Bonchev–Trinajstić information content (AvgIpc) is 2.93. The Morgan fingerprint density at radius 3 is 1.28 bits per heavy atom. The van der Waals surface area contributed by atoms with Crippen LogP contribution in [0.2, 0.25) is 0 Å². The molecule has 10 nitrogen and oxygen atoms in total. The molecule has 6 bridgehead atoms. The third-order valence-corrected chi connectivity index (χ3v) is 5.81. The van der Waals surface area contributed by atoms with Crippen molar-refractivity contribution in [3.05, 3.63) is 94.1 Å². The summed E-state index contributed by atoms with van der Waals surface area (Å²) in [5.74, 6) is -1.03. The molecule has 3 aromatic rings. The zero-order valence-corrected chi connectivity index (χ0v) is 21.9. The fourth-order valence-corrected chi connectivity index (χ4v) is 3.99. The topological polar surface area (TPSA) is 118 Å². The first-order valence-corrected chi connectivity index (χ1v) is 12.9. The third kappa shape index (κ3) is 9.77. The smallest absolute Gasteiger partial charge is 0.336 e. The molecule has 10 heteroatoms. The summed E-state index contributed by atoms with van der Waals surface area (Å²) in [7, 11) is 0. The van der Waals surface area contributed by atoms with E-state index in [2.05, 4.69) is 9.97 Å². The minimum atomic E-state index is -1.03. The number of benzene rings is 1. The molecule has 1 aliphatic heterocycles. The highest BCUT2D eigenvalue weighted by molar-refractivity contribution is 5.91. The van der Waals surface area contributed by atoms with Crippen LogP contribution in [0.5, 0.6) is 0 Å². The van der Waals surface area contributed by atoms with Gasteiger partial charge in [-0.1, -0.05) is 30.3 Å². The van der Waals surface area contributed by atoms with Crippen LogP contribution in [-0.2, 0) is 68.1 Å². The van der Waals surface area contributed by atoms with Crippen LogP contribution >= 0.6 is 0 Å². The largest absolute Gasteiger partial charge is 0.478 e. The van der Waals surface area contributed by atoms with Gasteiger partial charge in [0.05, 0.1) is 108 Å². The Morgan fingerprint density at radius 2 is 0.872 bits per heavy atom. The monoisotopic (exact) mass is 538 g/mol. The molecule has 0 aliphatic carbocycles. The van der Waals surface area contributed by atoms with Crippen LogP contribution in [0.15, 0.2) is 54.6 Å². The van der Waals surface area contributed by atoms with E-state index in [9.17, 15) is 9.90 Å². The molecule has 0 saturated carbocycles. The molecule has 0 unspecified atom stereocenters. The lowest BCUT2D eigenvalue weighted by Gasteiger charge is -2.13. The maximum Gasteiger partial charge on any atom is 0.336 e. The number of pyridine rings is 2. The molecule has 0 amide bonds. The number of carbonyl (C=O) groups is 1. The van der Waals surface area contributed by atoms with Gasteiger partial charge in [0.15, 0.2) is 0 Å². The first kappa shape index (κ1) is 28.8. The van der Waals surface area contributed by atoms with Gasteiger partial charge in [0.25, 0.3) is 0 Å². The summed E-state index contributed by atoms with van der Waals surface area (Å²) in [6.07, 6.45) is 0. The summed E-state index contributed by atoms with van der Waals surface area (Å²) >= 11 is 0. The second kappa shape index (κ2) is 16.0. The number of fused-ring (bicyclic) bond motifs is 6. The Bertz CT molecular complexity index is 1110. The lowest BCUT2D eigenvalue weighted by Crippen LogP contribution is -2.12. The predicted octanol–water partition coefficient (Wildman–Crippen LogP) is 3.69. The van der Waals surface area contributed by atoms with E-state index in [0.717, 1.165) is 22.8 Å². The van der Waals surface area contributed by atoms with Crippen LogP contribution in [0.25, 0.3) is 0 Å². The van der Waals surface area contributed by atoms with E-state index in [1.54, 1.807) is 18.2 Å². The molecule has 0 atom stereocenters. The Hall–Kier alpha value is -3.25. The van der Waals surface area contributed by atoms with E-state index >= 15 is 0 Å². The van der Waals surface area contributed by atoms with Crippen molar-refractivity contribution in [3.8, 4) is 0 Å². The minimum Gasteiger partial charge on any atom is -0.478 e. The molecule has 208 valence electrons. The van der Waals surface area contributed by atoms with Gasteiger partial charge in [-0.05, 0) is 35.4 Å². The SMILES string of the molecule is O=C(O)c1c2cccc1COCc1cccc(n1)COCCOCCOCCOCc1cccc(n1)COC2. The van der Waals surface area contributed by atoms with E-state index in [4.69, 9.17) is 28.4 Å². The maximum absolute atomic E-state index is 12.1. The lowest BCUT2D eigenvalue weighted by molar-refractivity contribution is -0.00686. The number of hydrogen-bond donors (Lipinski definition) is 1. The summed E-state index contributed by atoms with van der Waals surface area (Å²) in [6.45, 7) is 4.19. The summed E-state index contributed by atoms with van der Waals surface area (Å²) in [6, 6.07) is 16.6. The van der Waals surface area contributed by atoms with Gasteiger partial charge in [-0.25, -0.2) is 4.79 Å². The fourth-order valence-electron chi connectivity index (χ4n) is 3.99. The van der Waals surface area contributed by atoms with Crippen LogP contribution in [0.4, 0.5) is 0 Å². The van der Waals surface area contributed by atoms with Gasteiger partial charge in [0.2, 0.25) is 0 Å². The Balaban J connectivity index is 1.42. The summed E-state index contributed by atoms with van der Waals surface area (Å²) < 4.78 is 34.1. The van der Waals surface area contributed by atoms with Crippen molar-refractivity contribution < 1.29 is 38.3 Å². The first-order valence-electron chi connectivity index (χ1n) is 12.9. The summed E-state index contributed by atoms with van der Waals surface area (Å²) in [5, 5.41) is 9.92. The molecule has 4 rings (SSSR count). The predicted molar refractivity (Wildman–Crippen MR) is 140 cm³/mol. The zero-order valence-electron chi connectivity index (χ0n) is 21.9.